The Morgan fingerprint density at radius 2 is 1.92 bits per heavy atom. The molecule has 130 valence electrons. The van der Waals surface area contributed by atoms with Crippen LogP contribution >= 0.6 is 11.6 Å². The SMILES string of the molecule is Cc1cc(C(=O)N(C)CC(=O)Nc2ccccc2Cl)ccc1[N+](=O)[O-]. The van der Waals surface area contributed by atoms with Crippen LogP contribution in [-0.2, 0) is 4.79 Å². The number of nitrogens with one attached hydrogen (secondary N) is 1. The van der Waals surface area contributed by atoms with E-state index in [0.29, 0.717) is 16.3 Å². The molecule has 0 saturated heterocycles. The number of para-hydroxylation sites is 1. The highest BCUT2D eigenvalue weighted by Gasteiger charge is 2.18. The number of carbonyl (C=O) groups is 2. The maximum absolute atomic E-state index is 12.4. The van der Waals surface area contributed by atoms with Gasteiger partial charge in [-0.1, -0.05) is 23.7 Å². The number of carbonyl (C=O) groups excluding carboxylic acids is 2. The standard InChI is InChI=1S/C17H16ClN3O4/c1-11-9-12(7-8-15(11)21(24)25)17(23)20(2)10-16(22)19-14-6-4-3-5-13(14)18/h3-9H,10H2,1-2H3,(H,19,22). The molecule has 1 N–H and O–H groups in total. The van der Waals surface area contributed by atoms with Crippen LogP contribution in [0.2, 0.25) is 5.02 Å². The zero-order valence-corrected chi connectivity index (χ0v) is 14.4. The van der Waals surface area contributed by atoms with Crippen molar-refractivity contribution in [2.45, 2.75) is 6.92 Å². The molecule has 0 saturated carbocycles. The Hall–Kier alpha value is -2.93. The summed E-state index contributed by atoms with van der Waals surface area (Å²) in [5.74, 6) is -0.810. The quantitative estimate of drug-likeness (QED) is 0.653. The number of likely N-dealkylation sites (N-methyl/N-ethyl adjacent to an activating group) is 1. The van der Waals surface area contributed by atoms with Crippen molar-refractivity contribution in [3.05, 3.63) is 68.7 Å². The van der Waals surface area contributed by atoms with Gasteiger partial charge < -0.3 is 10.2 Å². The first kappa shape index (κ1) is 18.4. The van der Waals surface area contributed by atoms with Crippen LogP contribution in [0.15, 0.2) is 42.5 Å². The number of nitro benzene ring substituents is 1. The summed E-state index contributed by atoms with van der Waals surface area (Å²) in [7, 11) is 1.48. The maximum Gasteiger partial charge on any atom is 0.272 e. The van der Waals surface area contributed by atoms with E-state index in [0.717, 1.165) is 0 Å². The van der Waals surface area contributed by atoms with Gasteiger partial charge in [-0.05, 0) is 31.2 Å². The molecule has 25 heavy (non-hydrogen) atoms. The van der Waals surface area contributed by atoms with Gasteiger partial charge >= 0.3 is 0 Å². The Balaban J connectivity index is 2.05. The molecule has 0 aliphatic rings. The predicted molar refractivity (Wildman–Crippen MR) is 94.9 cm³/mol. The first-order valence-electron chi connectivity index (χ1n) is 7.34. The number of nitrogens with zero attached hydrogens (tertiary/aromatic N) is 2. The van der Waals surface area contributed by atoms with Gasteiger partial charge in [-0.3, -0.25) is 19.7 Å². The molecule has 2 aromatic carbocycles. The van der Waals surface area contributed by atoms with E-state index in [-0.39, 0.29) is 17.8 Å². The lowest BCUT2D eigenvalue weighted by atomic mass is 10.1. The minimum Gasteiger partial charge on any atom is -0.332 e. The van der Waals surface area contributed by atoms with E-state index in [2.05, 4.69) is 5.32 Å². The van der Waals surface area contributed by atoms with E-state index < -0.39 is 16.7 Å². The van der Waals surface area contributed by atoms with Gasteiger partial charge in [-0.25, -0.2) is 0 Å². The Bertz CT molecular complexity index is 838. The topological polar surface area (TPSA) is 92.6 Å². The van der Waals surface area contributed by atoms with Crippen LogP contribution in [0.5, 0.6) is 0 Å². The van der Waals surface area contributed by atoms with E-state index in [1.165, 1.54) is 30.1 Å². The number of amides is 2. The molecule has 0 aromatic heterocycles. The van der Waals surface area contributed by atoms with Gasteiger partial charge in [0.1, 0.15) is 0 Å². The third-order valence-corrected chi connectivity index (χ3v) is 3.85. The summed E-state index contributed by atoms with van der Waals surface area (Å²) in [6, 6.07) is 10.9. The van der Waals surface area contributed by atoms with Crippen LogP contribution in [0, 0.1) is 17.0 Å². The number of benzene rings is 2. The second-order valence-corrected chi connectivity index (χ2v) is 5.85. The molecule has 0 fully saturated rings. The third-order valence-electron chi connectivity index (χ3n) is 3.52. The molecule has 0 aliphatic carbocycles. The van der Waals surface area contributed by atoms with E-state index in [4.69, 9.17) is 11.6 Å². The molecular formula is C17H16ClN3O4. The van der Waals surface area contributed by atoms with Crippen molar-refractivity contribution in [3.8, 4) is 0 Å². The second-order valence-electron chi connectivity index (χ2n) is 5.45. The highest BCUT2D eigenvalue weighted by atomic mass is 35.5. The second kappa shape index (κ2) is 7.76. The Morgan fingerprint density at radius 1 is 1.24 bits per heavy atom. The first-order valence-corrected chi connectivity index (χ1v) is 7.72. The van der Waals surface area contributed by atoms with Crippen molar-refractivity contribution in [2.75, 3.05) is 18.9 Å². The molecule has 8 heteroatoms. The van der Waals surface area contributed by atoms with Gasteiger partial charge in [-0.2, -0.15) is 0 Å². The van der Waals surface area contributed by atoms with Gasteiger partial charge in [0.05, 0.1) is 22.2 Å². The molecule has 0 aliphatic heterocycles. The lowest BCUT2D eigenvalue weighted by molar-refractivity contribution is -0.385. The zero-order valence-electron chi connectivity index (χ0n) is 13.7. The minimum atomic E-state index is -0.510. The fraction of sp³-hybridized carbons (Fsp3) is 0.176. The van der Waals surface area contributed by atoms with Crippen LogP contribution < -0.4 is 5.32 Å². The van der Waals surface area contributed by atoms with Gasteiger partial charge in [0.2, 0.25) is 5.91 Å². The van der Waals surface area contributed by atoms with Crippen molar-refractivity contribution < 1.29 is 14.5 Å². The number of aryl methyl sites for hydroxylation is 1. The summed E-state index contributed by atoms with van der Waals surface area (Å²) >= 11 is 5.97. The minimum absolute atomic E-state index is 0.0596. The normalized spacial score (nSPS) is 10.2. The Labute approximate surface area is 149 Å². The average molecular weight is 362 g/mol. The Kier molecular flexibility index (Phi) is 5.71. The number of hydrogen-bond acceptors (Lipinski definition) is 4. The lowest BCUT2D eigenvalue weighted by Gasteiger charge is -2.17. The summed E-state index contributed by atoms with van der Waals surface area (Å²) < 4.78 is 0. The van der Waals surface area contributed by atoms with E-state index in [1.807, 2.05) is 0 Å². The number of rotatable bonds is 5. The number of halogens is 1. The van der Waals surface area contributed by atoms with E-state index in [1.54, 1.807) is 31.2 Å². The van der Waals surface area contributed by atoms with Crippen LogP contribution in [0.3, 0.4) is 0 Å². The van der Waals surface area contributed by atoms with Crippen molar-refractivity contribution in [2.24, 2.45) is 0 Å². The summed E-state index contributed by atoms with van der Waals surface area (Å²) in [5.41, 5.74) is 1.05. The highest BCUT2D eigenvalue weighted by Crippen LogP contribution is 2.21. The molecule has 0 radical (unpaired) electrons. The molecule has 0 spiro atoms. The van der Waals surface area contributed by atoms with Crippen molar-refractivity contribution >= 4 is 34.8 Å². The van der Waals surface area contributed by atoms with Crippen LogP contribution in [-0.4, -0.2) is 35.2 Å². The van der Waals surface area contributed by atoms with E-state index >= 15 is 0 Å². The maximum atomic E-state index is 12.4. The summed E-state index contributed by atoms with van der Waals surface area (Å²) in [5, 5.41) is 13.9. The smallest absolute Gasteiger partial charge is 0.272 e. The molecule has 0 unspecified atom stereocenters. The molecule has 2 aromatic rings. The summed E-state index contributed by atoms with van der Waals surface area (Å²) in [6.07, 6.45) is 0. The molecule has 0 bridgehead atoms. The molecule has 0 heterocycles. The molecule has 0 atom stereocenters. The zero-order chi connectivity index (χ0) is 18.6. The average Bonchev–Trinajstić information content (AvgIpc) is 2.55. The number of anilines is 1. The Morgan fingerprint density at radius 3 is 2.52 bits per heavy atom. The fourth-order valence-electron chi connectivity index (χ4n) is 2.25. The number of nitro groups is 1. The molecule has 2 amide bonds. The van der Waals surface area contributed by atoms with Crippen molar-refractivity contribution in [1.82, 2.24) is 4.90 Å². The molecular weight excluding hydrogens is 346 g/mol. The van der Waals surface area contributed by atoms with E-state index in [9.17, 15) is 19.7 Å². The predicted octanol–water partition coefficient (Wildman–Crippen LogP) is 3.27. The largest absolute Gasteiger partial charge is 0.332 e. The lowest BCUT2D eigenvalue weighted by Crippen LogP contribution is -2.35. The molecule has 7 nitrogen and oxygen atoms in total. The van der Waals surface area contributed by atoms with Gasteiger partial charge in [-0.15, -0.1) is 0 Å². The summed E-state index contributed by atoms with van der Waals surface area (Å²) in [6.45, 7) is 1.37. The van der Waals surface area contributed by atoms with Gasteiger partial charge in [0, 0.05) is 24.2 Å². The first-order chi connectivity index (χ1) is 11.8. The van der Waals surface area contributed by atoms with Crippen LogP contribution in [0.1, 0.15) is 15.9 Å². The van der Waals surface area contributed by atoms with Crippen LogP contribution in [0.25, 0.3) is 0 Å². The van der Waals surface area contributed by atoms with Crippen molar-refractivity contribution in [3.63, 3.8) is 0 Å². The highest BCUT2D eigenvalue weighted by molar-refractivity contribution is 6.33. The van der Waals surface area contributed by atoms with Crippen molar-refractivity contribution in [1.29, 1.82) is 0 Å². The summed E-state index contributed by atoms with van der Waals surface area (Å²) in [4.78, 5) is 36.0. The van der Waals surface area contributed by atoms with Gasteiger partial charge in [0.15, 0.2) is 0 Å². The monoisotopic (exact) mass is 361 g/mol. The van der Waals surface area contributed by atoms with Crippen LogP contribution in [0.4, 0.5) is 11.4 Å². The fourth-order valence-corrected chi connectivity index (χ4v) is 2.44. The number of hydrogen-bond donors (Lipinski definition) is 1. The third kappa shape index (κ3) is 4.54. The van der Waals surface area contributed by atoms with Gasteiger partial charge in [0.25, 0.3) is 11.6 Å². The molecule has 2 rings (SSSR count).